The number of rotatable bonds is 6. The minimum absolute atomic E-state index is 0.146. The summed E-state index contributed by atoms with van der Waals surface area (Å²) in [6.07, 6.45) is 0. The minimum Gasteiger partial charge on any atom is -0.381 e. The van der Waals surface area contributed by atoms with Gasteiger partial charge >= 0.3 is 0 Å². The molecule has 1 aliphatic rings. The van der Waals surface area contributed by atoms with Gasteiger partial charge in [-0.3, -0.25) is 4.79 Å². The fraction of sp³-hybridized carbons (Fsp3) is 0.0714. The molecule has 4 aromatic rings. The van der Waals surface area contributed by atoms with Crippen LogP contribution in [0.4, 0.5) is 5.69 Å². The molecule has 1 amide bonds. The van der Waals surface area contributed by atoms with Crippen molar-refractivity contribution in [3.8, 4) is 0 Å². The number of amidine groups is 1. The van der Waals surface area contributed by atoms with Gasteiger partial charge in [0.05, 0.1) is 0 Å². The Morgan fingerprint density at radius 1 is 0.719 bits per heavy atom. The Hall–Kier alpha value is -4.18. The number of hydrogen-bond donors (Lipinski definition) is 2. The monoisotopic (exact) mass is 417 g/mol. The molecule has 0 saturated carbocycles. The van der Waals surface area contributed by atoms with E-state index in [4.69, 9.17) is 4.99 Å². The number of carbonyl (C=O) groups excluding carboxylic acids is 1. The molecule has 0 fully saturated rings. The van der Waals surface area contributed by atoms with Crippen molar-refractivity contribution < 1.29 is 4.79 Å². The summed E-state index contributed by atoms with van der Waals surface area (Å²) in [4.78, 5) is 18.4. The van der Waals surface area contributed by atoms with Crippen molar-refractivity contribution in [2.45, 2.75) is 12.1 Å². The Balaban J connectivity index is 1.51. The summed E-state index contributed by atoms with van der Waals surface area (Å²) in [6, 6.07) is 37.7. The maximum absolute atomic E-state index is 13.4. The third-order valence-corrected chi connectivity index (χ3v) is 5.70. The van der Waals surface area contributed by atoms with Gasteiger partial charge in [0.2, 0.25) is 0 Å². The van der Waals surface area contributed by atoms with E-state index >= 15 is 0 Å². The number of hydrogen-bond acceptors (Lipinski definition) is 3. The molecule has 32 heavy (non-hydrogen) atoms. The molecule has 4 nitrogen and oxygen atoms in total. The van der Waals surface area contributed by atoms with Crippen molar-refractivity contribution in [3.05, 3.63) is 138 Å². The van der Waals surface area contributed by atoms with Crippen molar-refractivity contribution in [2.24, 2.45) is 4.99 Å². The largest absolute Gasteiger partial charge is 0.381 e. The molecule has 0 unspecified atom stereocenters. The summed E-state index contributed by atoms with van der Waals surface area (Å²) >= 11 is 0. The highest BCUT2D eigenvalue weighted by Gasteiger charge is 2.46. The molecule has 0 saturated heterocycles. The predicted molar refractivity (Wildman–Crippen MR) is 129 cm³/mol. The van der Waals surface area contributed by atoms with Gasteiger partial charge < -0.3 is 10.6 Å². The minimum atomic E-state index is -1.11. The van der Waals surface area contributed by atoms with Gasteiger partial charge in [-0.2, -0.15) is 0 Å². The van der Waals surface area contributed by atoms with Crippen molar-refractivity contribution in [1.82, 2.24) is 5.32 Å². The van der Waals surface area contributed by atoms with Gasteiger partial charge in [0.1, 0.15) is 5.84 Å². The quantitative estimate of drug-likeness (QED) is 0.458. The molecule has 0 bridgehead atoms. The number of benzene rings is 4. The number of carbonyl (C=O) groups is 1. The zero-order valence-electron chi connectivity index (χ0n) is 17.5. The molecule has 0 aliphatic carbocycles. The SMILES string of the molecule is O=C1NC(c2cccc(NCc3ccccc3)c2)=NC1(c1ccccc1)c1ccccc1. The third kappa shape index (κ3) is 3.67. The lowest BCUT2D eigenvalue weighted by Crippen LogP contribution is -2.38. The van der Waals surface area contributed by atoms with Crippen LogP contribution >= 0.6 is 0 Å². The Morgan fingerprint density at radius 2 is 1.31 bits per heavy atom. The van der Waals surface area contributed by atoms with E-state index in [2.05, 4.69) is 22.8 Å². The molecule has 0 spiro atoms. The topological polar surface area (TPSA) is 53.5 Å². The second-order valence-electron chi connectivity index (χ2n) is 7.78. The molecule has 4 aromatic carbocycles. The lowest BCUT2D eigenvalue weighted by atomic mass is 9.83. The Bertz CT molecular complexity index is 1210. The molecule has 1 heterocycles. The number of aliphatic imine (C=N–C) groups is 1. The van der Waals surface area contributed by atoms with E-state index in [1.165, 1.54) is 5.56 Å². The predicted octanol–water partition coefficient (Wildman–Crippen LogP) is 5.12. The second kappa shape index (κ2) is 8.52. The van der Waals surface area contributed by atoms with Crippen molar-refractivity contribution in [3.63, 3.8) is 0 Å². The van der Waals surface area contributed by atoms with E-state index in [1.54, 1.807) is 0 Å². The average molecular weight is 418 g/mol. The van der Waals surface area contributed by atoms with E-state index < -0.39 is 5.54 Å². The first-order chi connectivity index (χ1) is 15.8. The van der Waals surface area contributed by atoms with Gasteiger partial charge in [-0.05, 0) is 28.8 Å². The van der Waals surface area contributed by atoms with Crippen LogP contribution in [0, 0.1) is 0 Å². The maximum atomic E-state index is 13.4. The van der Waals surface area contributed by atoms with Crippen LogP contribution in [0.1, 0.15) is 22.3 Å². The number of amides is 1. The molecule has 0 atom stereocenters. The average Bonchev–Trinajstić information content (AvgIpc) is 3.23. The fourth-order valence-corrected chi connectivity index (χ4v) is 4.07. The Morgan fingerprint density at radius 3 is 1.94 bits per heavy atom. The summed E-state index contributed by atoms with van der Waals surface area (Å²) in [5.41, 5.74) is 3.63. The Kier molecular flexibility index (Phi) is 5.26. The molecule has 2 N–H and O–H groups in total. The third-order valence-electron chi connectivity index (χ3n) is 5.70. The zero-order chi connectivity index (χ0) is 21.8. The molecule has 5 rings (SSSR count). The summed E-state index contributed by atoms with van der Waals surface area (Å²) in [5, 5.41) is 6.49. The standard InChI is InChI=1S/C28H23N3O/c32-27-28(23-14-6-2-7-15-23,24-16-8-3-9-17-24)31-26(30-27)22-13-10-18-25(19-22)29-20-21-11-4-1-5-12-21/h1-19,29H,20H2,(H,30,31,32). The van der Waals surface area contributed by atoms with E-state index in [0.29, 0.717) is 5.84 Å². The summed E-state index contributed by atoms with van der Waals surface area (Å²) in [6.45, 7) is 0.723. The van der Waals surface area contributed by atoms with E-state index in [0.717, 1.165) is 28.9 Å². The first-order valence-corrected chi connectivity index (χ1v) is 10.7. The second-order valence-corrected chi connectivity index (χ2v) is 7.78. The highest BCUT2D eigenvalue weighted by Crippen LogP contribution is 2.37. The van der Waals surface area contributed by atoms with Gasteiger partial charge in [0, 0.05) is 17.8 Å². The van der Waals surface area contributed by atoms with Crippen LogP contribution in [0.5, 0.6) is 0 Å². The van der Waals surface area contributed by atoms with Crippen LogP contribution in [0.3, 0.4) is 0 Å². The van der Waals surface area contributed by atoms with Crippen LogP contribution in [-0.2, 0) is 16.9 Å². The lowest BCUT2D eigenvalue weighted by molar-refractivity contribution is -0.122. The van der Waals surface area contributed by atoms with Crippen LogP contribution in [0.25, 0.3) is 0 Å². The van der Waals surface area contributed by atoms with Crippen molar-refractivity contribution >= 4 is 17.4 Å². The first-order valence-electron chi connectivity index (χ1n) is 10.7. The van der Waals surface area contributed by atoms with Gasteiger partial charge in [-0.15, -0.1) is 0 Å². The van der Waals surface area contributed by atoms with Crippen LogP contribution in [-0.4, -0.2) is 11.7 Å². The van der Waals surface area contributed by atoms with E-state index in [9.17, 15) is 4.79 Å². The molecule has 1 aliphatic heterocycles. The van der Waals surface area contributed by atoms with Gasteiger partial charge in [0.15, 0.2) is 5.54 Å². The van der Waals surface area contributed by atoms with Crippen molar-refractivity contribution in [2.75, 3.05) is 5.32 Å². The molecule has 4 heteroatoms. The highest BCUT2D eigenvalue weighted by atomic mass is 16.2. The van der Waals surface area contributed by atoms with E-state index in [1.807, 2.05) is 103 Å². The first kappa shape index (κ1) is 19.8. The fourth-order valence-electron chi connectivity index (χ4n) is 4.07. The molecular weight excluding hydrogens is 394 g/mol. The van der Waals surface area contributed by atoms with Crippen LogP contribution in [0.15, 0.2) is 120 Å². The Labute approximate surface area is 187 Å². The van der Waals surface area contributed by atoms with Gasteiger partial charge in [0.25, 0.3) is 5.91 Å². The highest BCUT2D eigenvalue weighted by molar-refractivity contribution is 6.17. The number of anilines is 1. The van der Waals surface area contributed by atoms with E-state index in [-0.39, 0.29) is 5.91 Å². The van der Waals surface area contributed by atoms with Crippen LogP contribution < -0.4 is 10.6 Å². The normalized spacial score (nSPS) is 14.5. The summed E-state index contributed by atoms with van der Waals surface area (Å²) < 4.78 is 0. The lowest BCUT2D eigenvalue weighted by Gasteiger charge is -2.24. The number of nitrogens with one attached hydrogen (secondary N) is 2. The smallest absolute Gasteiger partial charge is 0.262 e. The molecule has 0 radical (unpaired) electrons. The molecular formula is C28H23N3O. The molecule has 0 aromatic heterocycles. The van der Waals surface area contributed by atoms with Gasteiger partial charge in [-0.25, -0.2) is 4.99 Å². The zero-order valence-corrected chi connectivity index (χ0v) is 17.5. The number of nitrogens with zero attached hydrogens (tertiary/aromatic N) is 1. The van der Waals surface area contributed by atoms with Crippen molar-refractivity contribution in [1.29, 1.82) is 0 Å². The van der Waals surface area contributed by atoms with Gasteiger partial charge in [-0.1, -0.05) is 103 Å². The summed E-state index contributed by atoms with van der Waals surface area (Å²) in [5.74, 6) is 0.429. The summed E-state index contributed by atoms with van der Waals surface area (Å²) in [7, 11) is 0. The van der Waals surface area contributed by atoms with Crippen LogP contribution in [0.2, 0.25) is 0 Å². The maximum Gasteiger partial charge on any atom is 0.262 e. The molecule has 156 valence electrons.